The fourth-order valence-electron chi connectivity index (χ4n) is 1.77. The average Bonchev–Trinajstić information content (AvgIpc) is 2.80. The summed E-state index contributed by atoms with van der Waals surface area (Å²) in [7, 11) is 0. The van der Waals surface area contributed by atoms with Crippen LogP contribution in [-0.2, 0) is 0 Å². The smallest absolute Gasteiger partial charge is 0.356 e. The molecule has 2 aromatic rings. The fourth-order valence-corrected chi connectivity index (χ4v) is 1.77. The minimum atomic E-state index is -1.28. The number of non-ortho nitro benzene ring substituents is 1. The van der Waals surface area contributed by atoms with Gasteiger partial charge in [-0.1, -0.05) is 0 Å². The number of carboxylic acid groups (broad SMARTS) is 1. The maximum atomic E-state index is 11.0. The first-order valence-electron chi connectivity index (χ1n) is 5.54. The van der Waals surface area contributed by atoms with Crippen LogP contribution in [0.5, 0.6) is 0 Å². The fraction of sp³-hybridized carbons (Fsp3) is 0.0909. The Bertz CT molecular complexity index is 766. The molecule has 1 N–H and O–H groups in total. The van der Waals surface area contributed by atoms with Crippen LogP contribution in [0.4, 0.5) is 11.4 Å². The molecule has 0 spiro atoms. The minimum Gasteiger partial charge on any atom is -0.476 e. The first-order valence-corrected chi connectivity index (χ1v) is 5.54. The molecule has 1 heterocycles. The molecule has 21 heavy (non-hydrogen) atoms. The van der Waals surface area contributed by atoms with Gasteiger partial charge in [0.1, 0.15) is 5.69 Å². The molecule has 0 amide bonds. The molecular formula is C11H8N4O6. The third kappa shape index (κ3) is 2.54. The van der Waals surface area contributed by atoms with Crippen LogP contribution in [0.15, 0.2) is 24.3 Å². The van der Waals surface area contributed by atoms with E-state index in [4.69, 9.17) is 5.11 Å². The monoisotopic (exact) mass is 292 g/mol. The zero-order chi connectivity index (χ0) is 15.7. The predicted molar refractivity (Wildman–Crippen MR) is 68.6 cm³/mol. The SMILES string of the molecule is Cc1cc(C(=O)O)nn1-c1ccc([N+](=O)[O-])cc1[N+](=O)[O-]. The van der Waals surface area contributed by atoms with Gasteiger partial charge in [-0.3, -0.25) is 20.2 Å². The molecule has 10 heteroatoms. The molecule has 0 saturated carbocycles. The summed E-state index contributed by atoms with van der Waals surface area (Å²) in [6, 6.07) is 4.29. The van der Waals surface area contributed by atoms with E-state index in [0.717, 1.165) is 22.9 Å². The number of aromatic nitrogens is 2. The van der Waals surface area contributed by atoms with Crippen molar-refractivity contribution < 1.29 is 19.7 Å². The van der Waals surface area contributed by atoms with E-state index < -0.39 is 27.2 Å². The summed E-state index contributed by atoms with van der Waals surface area (Å²) < 4.78 is 1.06. The number of hydrogen-bond donors (Lipinski definition) is 1. The summed E-state index contributed by atoms with van der Waals surface area (Å²) in [6.07, 6.45) is 0. The average molecular weight is 292 g/mol. The van der Waals surface area contributed by atoms with Gasteiger partial charge in [0.15, 0.2) is 5.69 Å². The van der Waals surface area contributed by atoms with Crippen LogP contribution in [0.1, 0.15) is 16.2 Å². The normalized spacial score (nSPS) is 10.3. The van der Waals surface area contributed by atoms with Gasteiger partial charge in [-0.2, -0.15) is 5.10 Å². The van der Waals surface area contributed by atoms with Gasteiger partial charge in [0.25, 0.3) is 5.69 Å². The van der Waals surface area contributed by atoms with Crippen molar-refractivity contribution in [1.82, 2.24) is 9.78 Å². The van der Waals surface area contributed by atoms with Crippen molar-refractivity contribution in [3.63, 3.8) is 0 Å². The lowest BCUT2D eigenvalue weighted by Gasteiger charge is -2.05. The van der Waals surface area contributed by atoms with Gasteiger partial charge in [-0.25, -0.2) is 9.48 Å². The second kappa shape index (κ2) is 5.00. The molecule has 0 unspecified atom stereocenters. The molecule has 0 bridgehead atoms. The van der Waals surface area contributed by atoms with Gasteiger partial charge >= 0.3 is 11.7 Å². The molecular weight excluding hydrogens is 284 g/mol. The number of rotatable bonds is 4. The van der Waals surface area contributed by atoms with E-state index >= 15 is 0 Å². The maximum absolute atomic E-state index is 11.0. The van der Waals surface area contributed by atoms with Crippen LogP contribution >= 0.6 is 0 Å². The summed E-state index contributed by atoms with van der Waals surface area (Å²) in [4.78, 5) is 31.0. The molecule has 1 aromatic carbocycles. The standard InChI is InChI=1S/C11H8N4O6/c1-6-4-8(11(16)17)12-13(6)9-3-2-7(14(18)19)5-10(9)15(20)21/h2-5H,1H3,(H,16,17). The summed E-state index contributed by atoms with van der Waals surface area (Å²) in [5, 5.41) is 34.3. The largest absolute Gasteiger partial charge is 0.476 e. The number of carbonyl (C=O) groups is 1. The Labute approximate surface area is 116 Å². The number of nitro benzene ring substituents is 2. The molecule has 0 atom stereocenters. The molecule has 108 valence electrons. The number of nitro groups is 2. The van der Waals surface area contributed by atoms with Crippen LogP contribution in [-0.4, -0.2) is 30.7 Å². The van der Waals surface area contributed by atoms with Gasteiger partial charge in [0.05, 0.1) is 15.9 Å². The molecule has 0 aliphatic carbocycles. The van der Waals surface area contributed by atoms with Crippen molar-refractivity contribution in [3.8, 4) is 5.69 Å². The lowest BCUT2D eigenvalue weighted by Crippen LogP contribution is -2.06. The lowest BCUT2D eigenvalue weighted by atomic mass is 10.2. The first kappa shape index (κ1) is 14.1. The van der Waals surface area contributed by atoms with E-state index in [2.05, 4.69) is 5.10 Å². The third-order valence-corrected chi connectivity index (χ3v) is 2.70. The zero-order valence-corrected chi connectivity index (χ0v) is 10.6. The van der Waals surface area contributed by atoms with E-state index in [1.54, 1.807) is 0 Å². The molecule has 10 nitrogen and oxygen atoms in total. The predicted octanol–water partition coefficient (Wildman–Crippen LogP) is 1.70. The van der Waals surface area contributed by atoms with Crippen molar-refractivity contribution in [2.45, 2.75) is 6.92 Å². The highest BCUT2D eigenvalue weighted by Crippen LogP contribution is 2.28. The van der Waals surface area contributed by atoms with E-state index in [9.17, 15) is 25.0 Å². The Balaban J connectivity index is 2.66. The Kier molecular flexibility index (Phi) is 3.36. The van der Waals surface area contributed by atoms with Gasteiger partial charge in [-0.15, -0.1) is 0 Å². The van der Waals surface area contributed by atoms with Crippen molar-refractivity contribution in [1.29, 1.82) is 0 Å². The van der Waals surface area contributed by atoms with Crippen LogP contribution in [0.2, 0.25) is 0 Å². The van der Waals surface area contributed by atoms with E-state index in [1.807, 2.05) is 0 Å². The molecule has 0 aliphatic rings. The van der Waals surface area contributed by atoms with Gasteiger partial charge in [-0.05, 0) is 19.1 Å². The zero-order valence-electron chi connectivity index (χ0n) is 10.6. The summed E-state index contributed by atoms with van der Waals surface area (Å²) in [5.74, 6) is -1.28. The molecule has 0 aliphatic heterocycles. The Hall–Kier alpha value is -3.30. The molecule has 0 radical (unpaired) electrons. The highest BCUT2D eigenvalue weighted by molar-refractivity contribution is 5.85. The summed E-state index contributed by atoms with van der Waals surface area (Å²) >= 11 is 0. The highest BCUT2D eigenvalue weighted by atomic mass is 16.6. The molecule has 0 saturated heterocycles. The van der Waals surface area contributed by atoms with Gasteiger partial charge in [0, 0.05) is 11.8 Å². The van der Waals surface area contributed by atoms with Gasteiger partial charge < -0.3 is 5.11 Å². The number of carboxylic acids is 1. The van der Waals surface area contributed by atoms with Crippen molar-refractivity contribution in [2.24, 2.45) is 0 Å². The van der Waals surface area contributed by atoms with E-state index in [1.165, 1.54) is 13.0 Å². The van der Waals surface area contributed by atoms with E-state index in [-0.39, 0.29) is 11.4 Å². The first-order chi connectivity index (χ1) is 9.81. The Morgan fingerprint density at radius 2 is 1.90 bits per heavy atom. The van der Waals surface area contributed by atoms with Crippen LogP contribution < -0.4 is 0 Å². The number of nitrogens with zero attached hydrogens (tertiary/aromatic N) is 4. The number of aromatic carboxylic acids is 1. The van der Waals surface area contributed by atoms with Crippen molar-refractivity contribution in [3.05, 3.63) is 55.9 Å². The number of benzene rings is 1. The lowest BCUT2D eigenvalue weighted by molar-refractivity contribution is -0.394. The minimum absolute atomic E-state index is 0.0457. The van der Waals surface area contributed by atoms with Crippen LogP contribution in [0.3, 0.4) is 0 Å². The van der Waals surface area contributed by atoms with Crippen LogP contribution in [0.25, 0.3) is 5.69 Å². The molecule has 1 aromatic heterocycles. The molecule has 2 rings (SSSR count). The summed E-state index contributed by atoms with van der Waals surface area (Å²) in [6.45, 7) is 1.52. The Morgan fingerprint density at radius 1 is 1.24 bits per heavy atom. The highest BCUT2D eigenvalue weighted by Gasteiger charge is 2.23. The van der Waals surface area contributed by atoms with Crippen molar-refractivity contribution >= 4 is 17.3 Å². The molecule has 0 fully saturated rings. The number of aryl methyl sites for hydroxylation is 1. The topological polar surface area (TPSA) is 141 Å². The maximum Gasteiger partial charge on any atom is 0.356 e. The van der Waals surface area contributed by atoms with E-state index in [0.29, 0.717) is 5.69 Å². The second-order valence-electron chi connectivity index (χ2n) is 4.08. The quantitative estimate of drug-likeness (QED) is 0.667. The van der Waals surface area contributed by atoms with Gasteiger partial charge in [0.2, 0.25) is 0 Å². The third-order valence-electron chi connectivity index (χ3n) is 2.70. The van der Waals surface area contributed by atoms with Crippen LogP contribution in [0, 0.1) is 27.2 Å². The Morgan fingerprint density at radius 3 is 2.38 bits per heavy atom. The van der Waals surface area contributed by atoms with Crippen molar-refractivity contribution in [2.75, 3.05) is 0 Å². The summed E-state index contributed by atoms with van der Waals surface area (Å²) in [5.41, 5.74) is -0.943. The number of hydrogen-bond acceptors (Lipinski definition) is 6. The second-order valence-corrected chi connectivity index (χ2v) is 4.08.